The summed E-state index contributed by atoms with van der Waals surface area (Å²) < 4.78 is 14.0. The first-order valence-electron chi connectivity index (χ1n) is 7.69. The van der Waals surface area contributed by atoms with Crippen molar-refractivity contribution in [2.75, 3.05) is 6.54 Å². The standard InChI is InChI=1S/C19H16ClFN2O2/c20-13-5-3-4-12(8-13)18(24)11-23-19(25)16-10-22-9-15(16)14-6-1-2-7-17(14)21/h1-10,18,22,24H,11H2,(H,23,25)/t18-/m1/s1. The maximum Gasteiger partial charge on any atom is 0.253 e. The minimum atomic E-state index is -0.890. The Morgan fingerprint density at radius 1 is 1.16 bits per heavy atom. The van der Waals surface area contributed by atoms with Gasteiger partial charge in [0, 0.05) is 35.1 Å². The lowest BCUT2D eigenvalue weighted by Gasteiger charge is -2.13. The Balaban J connectivity index is 1.73. The van der Waals surface area contributed by atoms with Gasteiger partial charge in [-0.05, 0) is 23.8 Å². The van der Waals surface area contributed by atoms with E-state index in [1.807, 2.05) is 0 Å². The zero-order valence-corrected chi connectivity index (χ0v) is 13.9. The molecule has 1 aromatic heterocycles. The predicted molar refractivity (Wildman–Crippen MR) is 94.9 cm³/mol. The number of aromatic amines is 1. The van der Waals surface area contributed by atoms with Crippen molar-refractivity contribution in [2.24, 2.45) is 0 Å². The number of aliphatic hydroxyl groups is 1. The van der Waals surface area contributed by atoms with Crippen LogP contribution in [0.3, 0.4) is 0 Å². The summed E-state index contributed by atoms with van der Waals surface area (Å²) in [5.41, 5.74) is 1.72. The molecule has 0 bridgehead atoms. The minimum absolute atomic E-state index is 0.0149. The molecule has 25 heavy (non-hydrogen) atoms. The van der Waals surface area contributed by atoms with E-state index in [1.54, 1.807) is 48.7 Å². The number of carbonyl (C=O) groups is 1. The number of aromatic nitrogens is 1. The van der Waals surface area contributed by atoms with E-state index in [0.29, 0.717) is 27.3 Å². The van der Waals surface area contributed by atoms with Gasteiger partial charge < -0.3 is 15.4 Å². The molecule has 2 aromatic carbocycles. The number of benzene rings is 2. The average Bonchev–Trinajstić information content (AvgIpc) is 3.09. The van der Waals surface area contributed by atoms with Crippen LogP contribution < -0.4 is 5.32 Å². The lowest BCUT2D eigenvalue weighted by atomic mass is 10.0. The Bertz CT molecular complexity index is 894. The van der Waals surface area contributed by atoms with Gasteiger partial charge in [0.15, 0.2) is 0 Å². The monoisotopic (exact) mass is 358 g/mol. The van der Waals surface area contributed by atoms with Crippen LogP contribution in [0.2, 0.25) is 5.02 Å². The first-order chi connectivity index (χ1) is 12.1. The number of amides is 1. The molecule has 0 radical (unpaired) electrons. The highest BCUT2D eigenvalue weighted by Crippen LogP contribution is 2.26. The lowest BCUT2D eigenvalue weighted by molar-refractivity contribution is 0.0917. The summed E-state index contributed by atoms with van der Waals surface area (Å²) in [5.74, 6) is -0.810. The van der Waals surface area contributed by atoms with Gasteiger partial charge in [-0.3, -0.25) is 4.79 Å². The first kappa shape index (κ1) is 17.2. The largest absolute Gasteiger partial charge is 0.387 e. The molecule has 3 rings (SSSR count). The first-order valence-corrected chi connectivity index (χ1v) is 8.07. The second kappa shape index (κ2) is 7.51. The molecule has 0 aliphatic rings. The van der Waals surface area contributed by atoms with E-state index in [9.17, 15) is 14.3 Å². The van der Waals surface area contributed by atoms with Crippen molar-refractivity contribution >= 4 is 17.5 Å². The molecule has 128 valence electrons. The number of nitrogens with one attached hydrogen (secondary N) is 2. The molecule has 0 aliphatic carbocycles. The van der Waals surface area contributed by atoms with Crippen molar-refractivity contribution in [3.8, 4) is 11.1 Å². The number of H-pyrrole nitrogens is 1. The second-order valence-corrected chi connectivity index (χ2v) is 5.98. The summed E-state index contributed by atoms with van der Waals surface area (Å²) >= 11 is 5.90. The van der Waals surface area contributed by atoms with E-state index in [1.165, 1.54) is 12.3 Å². The molecule has 1 amide bonds. The van der Waals surface area contributed by atoms with Gasteiger partial charge in [0.1, 0.15) is 5.82 Å². The maximum absolute atomic E-state index is 14.0. The van der Waals surface area contributed by atoms with E-state index in [2.05, 4.69) is 10.3 Å². The molecular formula is C19H16ClFN2O2. The fraction of sp³-hybridized carbons (Fsp3) is 0.105. The molecule has 0 spiro atoms. The van der Waals surface area contributed by atoms with Crippen LogP contribution in [0.15, 0.2) is 60.9 Å². The van der Waals surface area contributed by atoms with Crippen molar-refractivity contribution < 1.29 is 14.3 Å². The normalized spacial score (nSPS) is 12.0. The zero-order chi connectivity index (χ0) is 17.8. The highest BCUT2D eigenvalue weighted by Gasteiger charge is 2.17. The third-order valence-electron chi connectivity index (χ3n) is 3.84. The van der Waals surface area contributed by atoms with E-state index < -0.39 is 17.8 Å². The molecule has 0 saturated carbocycles. The van der Waals surface area contributed by atoms with Crippen LogP contribution in [0.4, 0.5) is 4.39 Å². The van der Waals surface area contributed by atoms with E-state index in [-0.39, 0.29) is 6.54 Å². The number of hydrogen-bond acceptors (Lipinski definition) is 2. The Morgan fingerprint density at radius 3 is 2.72 bits per heavy atom. The summed E-state index contributed by atoms with van der Waals surface area (Å²) in [6.45, 7) is 0.0149. The Hall–Kier alpha value is -2.63. The number of rotatable bonds is 5. The van der Waals surface area contributed by atoms with Crippen LogP contribution in [0.1, 0.15) is 22.0 Å². The summed E-state index contributed by atoms with van der Waals surface area (Å²) in [6.07, 6.45) is 2.18. The molecular weight excluding hydrogens is 343 g/mol. The topological polar surface area (TPSA) is 65.1 Å². The van der Waals surface area contributed by atoms with E-state index in [4.69, 9.17) is 11.6 Å². The Labute approximate surface area is 149 Å². The summed E-state index contributed by atoms with van der Waals surface area (Å²) in [5, 5.41) is 13.3. The van der Waals surface area contributed by atoms with Crippen molar-refractivity contribution in [3.05, 3.63) is 82.9 Å². The fourth-order valence-corrected chi connectivity index (χ4v) is 2.77. The quantitative estimate of drug-likeness (QED) is 0.647. The van der Waals surface area contributed by atoms with Gasteiger partial charge in [0.05, 0.1) is 11.7 Å². The fourth-order valence-electron chi connectivity index (χ4n) is 2.57. The average molecular weight is 359 g/mol. The van der Waals surface area contributed by atoms with E-state index >= 15 is 0 Å². The van der Waals surface area contributed by atoms with Gasteiger partial charge in [0.25, 0.3) is 5.91 Å². The molecule has 0 unspecified atom stereocenters. The number of aliphatic hydroxyl groups excluding tert-OH is 1. The van der Waals surface area contributed by atoms with Crippen LogP contribution in [-0.4, -0.2) is 22.5 Å². The number of carbonyl (C=O) groups excluding carboxylic acids is 1. The molecule has 0 fully saturated rings. The Morgan fingerprint density at radius 2 is 1.96 bits per heavy atom. The smallest absolute Gasteiger partial charge is 0.253 e. The summed E-state index contributed by atoms with van der Waals surface area (Å²) in [6, 6.07) is 13.0. The highest BCUT2D eigenvalue weighted by atomic mass is 35.5. The molecule has 1 heterocycles. The number of halogens is 2. The summed E-state index contributed by atoms with van der Waals surface area (Å²) in [4.78, 5) is 15.2. The number of hydrogen-bond donors (Lipinski definition) is 3. The molecule has 6 heteroatoms. The molecule has 0 saturated heterocycles. The maximum atomic E-state index is 14.0. The lowest BCUT2D eigenvalue weighted by Crippen LogP contribution is -2.28. The Kier molecular flexibility index (Phi) is 5.16. The van der Waals surface area contributed by atoms with Crippen molar-refractivity contribution in [2.45, 2.75) is 6.10 Å². The van der Waals surface area contributed by atoms with Crippen LogP contribution in [0, 0.1) is 5.82 Å². The molecule has 3 aromatic rings. The van der Waals surface area contributed by atoms with Crippen LogP contribution >= 0.6 is 11.6 Å². The van der Waals surface area contributed by atoms with Crippen molar-refractivity contribution in [3.63, 3.8) is 0 Å². The van der Waals surface area contributed by atoms with Gasteiger partial charge in [-0.2, -0.15) is 0 Å². The summed E-state index contributed by atoms with van der Waals surface area (Å²) in [7, 11) is 0. The molecule has 1 atom stereocenters. The van der Waals surface area contributed by atoms with Gasteiger partial charge in [-0.1, -0.05) is 41.9 Å². The van der Waals surface area contributed by atoms with Gasteiger partial charge >= 0.3 is 0 Å². The zero-order valence-electron chi connectivity index (χ0n) is 13.2. The van der Waals surface area contributed by atoms with E-state index in [0.717, 1.165) is 0 Å². The molecule has 4 nitrogen and oxygen atoms in total. The highest BCUT2D eigenvalue weighted by molar-refractivity contribution is 6.30. The second-order valence-electron chi connectivity index (χ2n) is 5.54. The molecule has 0 aliphatic heterocycles. The van der Waals surface area contributed by atoms with Gasteiger partial charge in [-0.15, -0.1) is 0 Å². The minimum Gasteiger partial charge on any atom is -0.387 e. The van der Waals surface area contributed by atoms with Crippen LogP contribution in [0.25, 0.3) is 11.1 Å². The van der Waals surface area contributed by atoms with Crippen molar-refractivity contribution in [1.82, 2.24) is 10.3 Å². The molecule has 3 N–H and O–H groups in total. The SMILES string of the molecule is O=C(NC[C@@H](O)c1cccc(Cl)c1)c1c[nH]cc1-c1ccccc1F. The third-order valence-corrected chi connectivity index (χ3v) is 4.08. The predicted octanol–water partition coefficient (Wildman–Crippen LogP) is 3.94. The van der Waals surface area contributed by atoms with Crippen LogP contribution in [-0.2, 0) is 0 Å². The third kappa shape index (κ3) is 3.90. The van der Waals surface area contributed by atoms with Crippen molar-refractivity contribution in [1.29, 1.82) is 0 Å². The van der Waals surface area contributed by atoms with Crippen LogP contribution in [0.5, 0.6) is 0 Å². The van der Waals surface area contributed by atoms with Gasteiger partial charge in [-0.25, -0.2) is 4.39 Å². The van der Waals surface area contributed by atoms with Gasteiger partial charge in [0.2, 0.25) is 0 Å².